The number of aryl methyl sites for hydroxylation is 1. The van der Waals surface area contributed by atoms with Gasteiger partial charge < -0.3 is 5.32 Å². The minimum Gasteiger partial charge on any atom is -0.305 e. The van der Waals surface area contributed by atoms with Gasteiger partial charge >= 0.3 is 6.18 Å². The van der Waals surface area contributed by atoms with Crippen molar-refractivity contribution in [3.8, 4) is 0 Å². The highest BCUT2D eigenvalue weighted by atomic mass is 19.4. The molecule has 1 amide bonds. The number of carbonyl (C=O) groups is 1. The molecule has 0 radical (unpaired) electrons. The van der Waals surface area contributed by atoms with Gasteiger partial charge in [-0.2, -0.15) is 13.2 Å². The second-order valence-electron chi connectivity index (χ2n) is 6.58. The minimum absolute atomic E-state index is 0.122. The molecule has 0 saturated carbocycles. The fourth-order valence-corrected chi connectivity index (χ4v) is 3.32. The average Bonchev–Trinajstić information content (AvgIpc) is 2.68. The summed E-state index contributed by atoms with van der Waals surface area (Å²) >= 11 is 0. The Morgan fingerprint density at radius 2 is 2.00 bits per heavy atom. The van der Waals surface area contributed by atoms with E-state index in [1.54, 1.807) is 25.3 Å². The standard InChI is InChI=1S/C20H19F3N4O/c1-3-19(20(21,22)23)8-5-4-6-15(19)16-11-26-17(12-25-16)27-18(28)14-7-9-24-10-13(14)2/h4-12,15H,3H2,1-2H3,(H,26,27,28). The Morgan fingerprint density at radius 3 is 2.61 bits per heavy atom. The number of amides is 1. The molecule has 0 spiro atoms. The Kier molecular flexibility index (Phi) is 5.31. The van der Waals surface area contributed by atoms with Crippen LogP contribution < -0.4 is 5.32 Å². The number of hydrogen-bond donors (Lipinski definition) is 1. The summed E-state index contributed by atoms with van der Waals surface area (Å²) in [4.78, 5) is 24.5. The third-order valence-corrected chi connectivity index (χ3v) is 4.97. The van der Waals surface area contributed by atoms with Crippen molar-refractivity contribution in [2.45, 2.75) is 32.4 Å². The first-order valence-electron chi connectivity index (χ1n) is 8.75. The van der Waals surface area contributed by atoms with Gasteiger partial charge in [-0.3, -0.25) is 14.8 Å². The van der Waals surface area contributed by atoms with E-state index in [0.29, 0.717) is 11.1 Å². The number of pyridine rings is 1. The maximum atomic E-state index is 13.8. The van der Waals surface area contributed by atoms with Crippen LogP contribution in [0.25, 0.3) is 0 Å². The Labute approximate surface area is 160 Å². The molecular weight excluding hydrogens is 369 g/mol. The number of halogens is 3. The molecule has 2 aromatic heterocycles. The van der Waals surface area contributed by atoms with E-state index in [4.69, 9.17) is 0 Å². The predicted molar refractivity (Wildman–Crippen MR) is 98.8 cm³/mol. The van der Waals surface area contributed by atoms with Crippen molar-refractivity contribution in [2.24, 2.45) is 5.41 Å². The highest BCUT2D eigenvalue weighted by Gasteiger charge is 2.57. The van der Waals surface area contributed by atoms with Gasteiger partial charge in [0.1, 0.15) is 0 Å². The van der Waals surface area contributed by atoms with Crippen LogP contribution in [0.4, 0.5) is 19.0 Å². The number of rotatable bonds is 4. The molecule has 5 nitrogen and oxygen atoms in total. The van der Waals surface area contributed by atoms with Crippen LogP contribution in [-0.4, -0.2) is 27.0 Å². The van der Waals surface area contributed by atoms with Crippen LogP contribution in [0.3, 0.4) is 0 Å². The summed E-state index contributed by atoms with van der Waals surface area (Å²) in [5, 5.41) is 2.60. The molecular formula is C20H19F3N4O. The van der Waals surface area contributed by atoms with Crippen LogP contribution in [0, 0.1) is 12.3 Å². The van der Waals surface area contributed by atoms with Crippen LogP contribution in [0.5, 0.6) is 0 Å². The Morgan fingerprint density at radius 1 is 1.21 bits per heavy atom. The van der Waals surface area contributed by atoms with E-state index in [-0.39, 0.29) is 23.8 Å². The average molecular weight is 388 g/mol. The molecule has 1 aliphatic rings. The van der Waals surface area contributed by atoms with Crippen molar-refractivity contribution in [3.05, 3.63) is 72.0 Å². The molecule has 0 aliphatic heterocycles. The number of aromatic nitrogens is 3. The summed E-state index contributed by atoms with van der Waals surface area (Å²) in [6, 6.07) is 1.57. The lowest BCUT2D eigenvalue weighted by atomic mass is 9.69. The van der Waals surface area contributed by atoms with Gasteiger partial charge in [-0.1, -0.05) is 31.2 Å². The number of nitrogens with one attached hydrogen (secondary N) is 1. The van der Waals surface area contributed by atoms with Crippen molar-refractivity contribution in [1.82, 2.24) is 15.0 Å². The summed E-state index contributed by atoms with van der Waals surface area (Å²) in [5.74, 6) is -1.21. The van der Waals surface area contributed by atoms with E-state index in [1.165, 1.54) is 43.7 Å². The first-order valence-corrected chi connectivity index (χ1v) is 8.75. The Bertz CT molecular complexity index is 922. The molecule has 28 heavy (non-hydrogen) atoms. The van der Waals surface area contributed by atoms with Crippen LogP contribution >= 0.6 is 0 Å². The third kappa shape index (κ3) is 3.54. The lowest BCUT2D eigenvalue weighted by Gasteiger charge is -2.39. The van der Waals surface area contributed by atoms with Crippen LogP contribution in [-0.2, 0) is 0 Å². The zero-order valence-corrected chi connectivity index (χ0v) is 15.4. The fraction of sp³-hybridized carbons (Fsp3) is 0.300. The van der Waals surface area contributed by atoms with Gasteiger partial charge in [0.2, 0.25) is 0 Å². The van der Waals surface area contributed by atoms with E-state index in [9.17, 15) is 18.0 Å². The monoisotopic (exact) mass is 388 g/mol. The number of nitrogens with zero attached hydrogens (tertiary/aromatic N) is 3. The number of carbonyl (C=O) groups excluding carboxylic acids is 1. The van der Waals surface area contributed by atoms with Crippen molar-refractivity contribution < 1.29 is 18.0 Å². The lowest BCUT2D eigenvalue weighted by Crippen LogP contribution is -2.41. The largest absolute Gasteiger partial charge is 0.398 e. The van der Waals surface area contributed by atoms with Crippen molar-refractivity contribution in [2.75, 3.05) is 5.32 Å². The van der Waals surface area contributed by atoms with Gasteiger partial charge in [0, 0.05) is 23.9 Å². The molecule has 2 unspecified atom stereocenters. The van der Waals surface area contributed by atoms with Crippen molar-refractivity contribution >= 4 is 11.7 Å². The summed E-state index contributed by atoms with van der Waals surface area (Å²) in [7, 11) is 0. The van der Waals surface area contributed by atoms with E-state index in [1.807, 2.05) is 0 Å². The molecule has 2 aromatic rings. The molecule has 1 N–H and O–H groups in total. The first kappa shape index (κ1) is 19.7. The molecule has 2 heterocycles. The summed E-state index contributed by atoms with van der Waals surface area (Å²) in [6.07, 6.45) is 6.72. The number of hydrogen-bond acceptors (Lipinski definition) is 4. The molecule has 0 bridgehead atoms. The topological polar surface area (TPSA) is 67.8 Å². The van der Waals surface area contributed by atoms with Gasteiger partial charge in [-0.25, -0.2) is 4.98 Å². The lowest BCUT2D eigenvalue weighted by molar-refractivity contribution is -0.212. The predicted octanol–water partition coefficient (Wildman–Crippen LogP) is 4.60. The van der Waals surface area contributed by atoms with Gasteiger partial charge in [-0.05, 0) is 25.0 Å². The van der Waals surface area contributed by atoms with Crippen molar-refractivity contribution in [3.63, 3.8) is 0 Å². The Hall–Kier alpha value is -3.03. The zero-order chi connectivity index (χ0) is 20.4. The highest BCUT2D eigenvalue weighted by Crippen LogP contribution is 2.53. The summed E-state index contributed by atoms with van der Waals surface area (Å²) in [6.45, 7) is 3.25. The minimum atomic E-state index is -4.43. The maximum Gasteiger partial charge on any atom is 0.398 e. The Balaban J connectivity index is 1.84. The molecule has 3 rings (SSSR count). The first-order chi connectivity index (χ1) is 13.3. The number of allylic oxidation sites excluding steroid dienone is 4. The number of anilines is 1. The van der Waals surface area contributed by atoms with E-state index < -0.39 is 17.5 Å². The fourth-order valence-electron chi connectivity index (χ4n) is 3.32. The normalized spacial score (nSPS) is 21.5. The summed E-state index contributed by atoms with van der Waals surface area (Å²) < 4.78 is 41.4. The zero-order valence-electron chi connectivity index (χ0n) is 15.4. The molecule has 1 aliphatic carbocycles. The molecule has 0 aromatic carbocycles. The van der Waals surface area contributed by atoms with Crippen LogP contribution in [0.1, 0.15) is 40.9 Å². The van der Waals surface area contributed by atoms with Gasteiger partial charge in [-0.15, -0.1) is 0 Å². The number of alkyl halides is 3. The van der Waals surface area contributed by atoms with E-state index in [2.05, 4.69) is 20.3 Å². The van der Waals surface area contributed by atoms with E-state index in [0.717, 1.165) is 0 Å². The van der Waals surface area contributed by atoms with Gasteiger partial charge in [0.25, 0.3) is 5.91 Å². The van der Waals surface area contributed by atoms with Gasteiger partial charge in [0.05, 0.1) is 23.5 Å². The second kappa shape index (κ2) is 7.53. The molecule has 8 heteroatoms. The quantitative estimate of drug-likeness (QED) is 0.831. The molecule has 2 atom stereocenters. The molecule has 146 valence electrons. The van der Waals surface area contributed by atoms with Crippen LogP contribution in [0.2, 0.25) is 0 Å². The molecule has 0 fully saturated rings. The maximum absolute atomic E-state index is 13.8. The SMILES string of the molecule is CCC1(C(F)(F)F)C=CC=CC1c1cnc(NC(=O)c2ccncc2C)cn1. The second-order valence-corrected chi connectivity index (χ2v) is 6.58. The van der Waals surface area contributed by atoms with E-state index >= 15 is 0 Å². The third-order valence-electron chi connectivity index (χ3n) is 4.97. The molecule has 0 saturated heterocycles. The summed E-state index contributed by atoms with van der Waals surface area (Å²) in [5.41, 5.74) is -0.710. The van der Waals surface area contributed by atoms with Crippen molar-refractivity contribution in [1.29, 1.82) is 0 Å². The highest BCUT2D eigenvalue weighted by molar-refractivity contribution is 6.04. The van der Waals surface area contributed by atoms with Gasteiger partial charge in [0.15, 0.2) is 5.82 Å². The van der Waals surface area contributed by atoms with Crippen LogP contribution in [0.15, 0.2) is 55.2 Å². The smallest absolute Gasteiger partial charge is 0.305 e.